The molecule has 0 radical (unpaired) electrons. The number of aliphatic carboxylic acids is 1. The van der Waals surface area contributed by atoms with Crippen LogP contribution in [0.2, 0.25) is 0 Å². The van der Waals surface area contributed by atoms with Crippen LogP contribution in [-0.2, 0) is 20.9 Å². The van der Waals surface area contributed by atoms with E-state index in [4.69, 9.17) is 4.74 Å². The van der Waals surface area contributed by atoms with Crippen molar-refractivity contribution in [2.24, 2.45) is 0 Å². The standard InChI is InChI=1S/C30H28N2O5/c33-28(34)18-32(17-20-8-2-1-3-9-20)29(35)21-14-15-22(16-21)31-30(36)37-19-27-25-12-6-4-10-23(25)24-11-5-7-13-26(24)27/h1-14,22,27H,15-19H2,(H,31,36)(H,33,34). The molecule has 0 bridgehead atoms. The Kier molecular flexibility index (Phi) is 7.03. The van der Waals surface area contributed by atoms with Crippen molar-refractivity contribution in [1.82, 2.24) is 10.2 Å². The molecule has 0 aliphatic heterocycles. The number of nitrogens with zero attached hydrogens (tertiary/aromatic N) is 1. The van der Waals surface area contributed by atoms with Crippen LogP contribution >= 0.6 is 0 Å². The van der Waals surface area contributed by atoms with Crippen LogP contribution in [0.4, 0.5) is 4.79 Å². The maximum atomic E-state index is 13.1. The molecule has 2 amide bonds. The van der Waals surface area contributed by atoms with Gasteiger partial charge in [0.15, 0.2) is 0 Å². The van der Waals surface area contributed by atoms with Crippen LogP contribution in [0.5, 0.6) is 0 Å². The minimum atomic E-state index is -1.07. The average molecular weight is 497 g/mol. The first kappa shape index (κ1) is 24.3. The first-order chi connectivity index (χ1) is 18.0. The number of carbonyl (C=O) groups excluding carboxylic acids is 2. The summed E-state index contributed by atoms with van der Waals surface area (Å²) in [4.78, 5) is 38.4. The molecular weight excluding hydrogens is 468 g/mol. The van der Waals surface area contributed by atoms with E-state index in [-0.39, 0.29) is 31.0 Å². The fourth-order valence-corrected chi connectivity index (χ4v) is 5.18. The summed E-state index contributed by atoms with van der Waals surface area (Å²) in [7, 11) is 0. The molecule has 1 unspecified atom stereocenters. The van der Waals surface area contributed by atoms with Crippen molar-refractivity contribution in [3.8, 4) is 11.1 Å². The van der Waals surface area contributed by atoms with Crippen molar-refractivity contribution in [1.29, 1.82) is 0 Å². The zero-order valence-electron chi connectivity index (χ0n) is 20.3. The Morgan fingerprint density at radius 3 is 2.16 bits per heavy atom. The van der Waals surface area contributed by atoms with Crippen LogP contribution < -0.4 is 5.32 Å². The fourth-order valence-electron chi connectivity index (χ4n) is 5.18. The first-order valence-corrected chi connectivity index (χ1v) is 12.3. The van der Waals surface area contributed by atoms with Crippen LogP contribution in [0.3, 0.4) is 0 Å². The number of benzene rings is 3. The van der Waals surface area contributed by atoms with E-state index in [1.165, 1.54) is 4.90 Å². The molecule has 7 nitrogen and oxygen atoms in total. The molecule has 7 heteroatoms. The number of rotatable bonds is 8. The minimum Gasteiger partial charge on any atom is -0.480 e. The molecule has 3 aromatic rings. The van der Waals surface area contributed by atoms with Gasteiger partial charge in [-0.15, -0.1) is 0 Å². The number of ether oxygens (including phenoxy) is 1. The summed E-state index contributed by atoms with van der Waals surface area (Å²) in [6, 6.07) is 25.3. The maximum Gasteiger partial charge on any atom is 0.407 e. The van der Waals surface area contributed by atoms with E-state index in [9.17, 15) is 19.5 Å². The highest BCUT2D eigenvalue weighted by Crippen LogP contribution is 2.44. The van der Waals surface area contributed by atoms with Gasteiger partial charge in [-0.3, -0.25) is 9.59 Å². The lowest BCUT2D eigenvalue weighted by Gasteiger charge is -2.22. The van der Waals surface area contributed by atoms with Gasteiger partial charge in [0.25, 0.3) is 0 Å². The van der Waals surface area contributed by atoms with Gasteiger partial charge < -0.3 is 20.1 Å². The second-order valence-electron chi connectivity index (χ2n) is 9.38. The van der Waals surface area contributed by atoms with Crippen molar-refractivity contribution >= 4 is 18.0 Å². The molecule has 2 aliphatic carbocycles. The Morgan fingerprint density at radius 2 is 1.51 bits per heavy atom. The first-order valence-electron chi connectivity index (χ1n) is 12.3. The minimum absolute atomic E-state index is 0.0282. The number of carboxylic acids is 1. The molecule has 0 saturated carbocycles. The van der Waals surface area contributed by atoms with E-state index < -0.39 is 18.6 Å². The smallest absolute Gasteiger partial charge is 0.407 e. The van der Waals surface area contributed by atoms with Gasteiger partial charge in [0, 0.05) is 24.1 Å². The fraction of sp³-hybridized carbons (Fsp3) is 0.233. The zero-order chi connectivity index (χ0) is 25.8. The maximum absolute atomic E-state index is 13.1. The second-order valence-corrected chi connectivity index (χ2v) is 9.38. The van der Waals surface area contributed by atoms with Crippen molar-refractivity contribution < 1.29 is 24.2 Å². The summed E-state index contributed by atoms with van der Waals surface area (Å²) >= 11 is 0. The third kappa shape index (κ3) is 5.40. The molecule has 0 fully saturated rings. The molecule has 1 atom stereocenters. The number of hydrogen-bond acceptors (Lipinski definition) is 4. The topological polar surface area (TPSA) is 95.9 Å². The zero-order valence-corrected chi connectivity index (χ0v) is 20.3. The van der Waals surface area contributed by atoms with E-state index >= 15 is 0 Å². The predicted octanol–water partition coefficient (Wildman–Crippen LogP) is 4.73. The summed E-state index contributed by atoms with van der Waals surface area (Å²) in [6.07, 6.45) is 2.06. The summed E-state index contributed by atoms with van der Waals surface area (Å²) in [6.45, 7) is 0.0264. The largest absolute Gasteiger partial charge is 0.480 e. The van der Waals surface area contributed by atoms with Crippen LogP contribution in [0.25, 0.3) is 11.1 Å². The Labute approximate surface area is 215 Å². The molecule has 0 aromatic heterocycles. The van der Waals surface area contributed by atoms with Gasteiger partial charge in [-0.1, -0.05) is 84.9 Å². The number of fused-ring (bicyclic) bond motifs is 3. The highest BCUT2D eigenvalue weighted by Gasteiger charge is 2.31. The lowest BCUT2D eigenvalue weighted by atomic mass is 9.98. The number of alkyl carbamates (subject to hydrolysis) is 1. The van der Waals surface area contributed by atoms with Gasteiger partial charge in [0.2, 0.25) is 5.91 Å². The van der Waals surface area contributed by atoms with Crippen LogP contribution in [0.1, 0.15) is 35.4 Å². The molecule has 2 aliphatic rings. The normalized spacial score (nSPS) is 15.9. The van der Waals surface area contributed by atoms with Crippen molar-refractivity contribution in [2.45, 2.75) is 31.3 Å². The van der Waals surface area contributed by atoms with E-state index in [0.717, 1.165) is 27.8 Å². The monoisotopic (exact) mass is 496 g/mol. The molecule has 0 heterocycles. The van der Waals surface area contributed by atoms with Crippen LogP contribution in [0, 0.1) is 0 Å². The summed E-state index contributed by atoms with van der Waals surface area (Å²) in [5, 5.41) is 12.2. The Balaban J connectivity index is 1.17. The summed E-state index contributed by atoms with van der Waals surface area (Å²) in [5.41, 5.74) is 5.96. The molecule has 0 saturated heterocycles. The van der Waals surface area contributed by atoms with E-state index in [2.05, 4.69) is 29.6 Å². The predicted molar refractivity (Wildman–Crippen MR) is 139 cm³/mol. The number of carboxylic acid groups (broad SMARTS) is 1. The van der Waals surface area contributed by atoms with E-state index in [1.807, 2.05) is 54.6 Å². The molecule has 188 valence electrons. The Morgan fingerprint density at radius 1 is 0.892 bits per heavy atom. The van der Waals surface area contributed by atoms with Crippen molar-refractivity contribution in [2.75, 3.05) is 13.2 Å². The molecule has 37 heavy (non-hydrogen) atoms. The lowest BCUT2D eigenvalue weighted by Crippen LogP contribution is -2.37. The third-order valence-electron chi connectivity index (χ3n) is 6.89. The molecule has 2 N–H and O–H groups in total. The highest BCUT2D eigenvalue weighted by molar-refractivity contribution is 5.95. The highest BCUT2D eigenvalue weighted by atomic mass is 16.5. The summed E-state index contributed by atoms with van der Waals surface area (Å²) in [5.74, 6) is -1.43. The molecule has 5 rings (SSSR count). The number of amides is 2. The van der Waals surface area contributed by atoms with Gasteiger partial charge in [0.1, 0.15) is 13.2 Å². The SMILES string of the molecule is O=C(O)CN(Cc1ccccc1)C(=O)C1=CCC(NC(=O)OCC2c3ccccc3-c3ccccc32)C1. The van der Waals surface area contributed by atoms with Crippen molar-refractivity contribution in [3.63, 3.8) is 0 Å². The Hall–Kier alpha value is -4.39. The van der Waals surface area contributed by atoms with E-state index in [1.54, 1.807) is 6.08 Å². The average Bonchev–Trinajstić information content (AvgIpc) is 3.49. The third-order valence-corrected chi connectivity index (χ3v) is 6.89. The quantitative estimate of drug-likeness (QED) is 0.470. The number of nitrogens with one attached hydrogen (secondary N) is 1. The van der Waals surface area contributed by atoms with Crippen molar-refractivity contribution in [3.05, 3.63) is 107 Å². The number of carbonyl (C=O) groups is 3. The number of hydrogen-bond donors (Lipinski definition) is 2. The second kappa shape index (κ2) is 10.7. The van der Waals surface area contributed by atoms with Crippen LogP contribution in [-0.4, -0.2) is 47.2 Å². The van der Waals surface area contributed by atoms with Gasteiger partial charge >= 0.3 is 12.1 Å². The van der Waals surface area contributed by atoms with Gasteiger partial charge in [-0.05, 0) is 40.7 Å². The molecular formula is C30H28N2O5. The van der Waals surface area contributed by atoms with Gasteiger partial charge in [-0.25, -0.2) is 4.79 Å². The molecule has 0 spiro atoms. The Bertz CT molecular complexity index is 1310. The van der Waals surface area contributed by atoms with E-state index in [0.29, 0.717) is 18.4 Å². The summed E-state index contributed by atoms with van der Waals surface area (Å²) < 4.78 is 5.63. The van der Waals surface area contributed by atoms with Gasteiger partial charge in [-0.2, -0.15) is 0 Å². The molecule has 3 aromatic carbocycles. The van der Waals surface area contributed by atoms with Gasteiger partial charge in [0.05, 0.1) is 0 Å². The van der Waals surface area contributed by atoms with Crippen LogP contribution in [0.15, 0.2) is 90.5 Å². The lowest BCUT2D eigenvalue weighted by molar-refractivity contribution is -0.143.